The Morgan fingerprint density at radius 3 is 2.23 bits per heavy atom. The first kappa shape index (κ1) is 14.9. The van der Waals surface area contributed by atoms with Gasteiger partial charge in [0.25, 0.3) is 0 Å². The quantitative estimate of drug-likeness (QED) is 0.411. The lowest BCUT2D eigenvalue weighted by Crippen LogP contribution is -2.16. The maximum Gasteiger partial charge on any atom is 0.0733 e. The third-order valence-corrected chi connectivity index (χ3v) is 4.31. The first-order chi connectivity index (χ1) is 10.8. The Balaban J connectivity index is 2.02. The van der Waals surface area contributed by atoms with Crippen LogP contribution in [0.15, 0.2) is 85.7 Å². The lowest BCUT2D eigenvalue weighted by atomic mass is 10.2. The number of hydrogen-bond donors (Lipinski definition) is 0. The Kier molecular flexibility index (Phi) is 4.63. The average molecular weight is 400 g/mol. The molecule has 0 saturated carbocycles. The van der Waals surface area contributed by atoms with Gasteiger partial charge in [-0.1, -0.05) is 42.5 Å². The number of nitrogens with zero attached hydrogens (tertiary/aromatic N) is 2. The molecule has 0 bridgehead atoms. The lowest BCUT2D eigenvalue weighted by molar-refractivity contribution is 1.06. The molecule has 2 aromatic carbocycles. The maximum absolute atomic E-state index is 3.90. The molecule has 0 aliphatic carbocycles. The molecule has 0 aliphatic heterocycles. The van der Waals surface area contributed by atoms with Crippen LogP contribution in [0.2, 0.25) is 0 Å². The molecule has 3 aromatic rings. The summed E-state index contributed by atoms with van der Waals surface area (Å²) in [7, 11) is 0. The molecule has 0 fully saturated rings. The minimum atomic E-state index is 0.777. The molecule has 0 atom stereocenters. The van der Waals surface area contributed by atoms with Crippen molar-refractivity contribution in [2.24, 2.45) is 0 Å². The smallest absolute Gasteiger partial charge is 0.0733 e. The largest absolute Gasteiger partial charge is 0.336 e. The van der Waals surface area contributed by atoms with E-state index in [4.69, 9.17) is 0 Å². The van der Waals surface area contributed by atoms with E-state index in [-0.39, 0.29) is 0 Å². The topological polar surface area (TPSA) is 8.17 Å². The van der Waals surface area contributed by atoms with Crippen LogP contribution in [0.5, 0.6) is 0 Å². The molecule has 1 aromatic heterocycles. The van der Waals surface area contributed by atoms with Crippen molar-refractivity contribution in [2.45, 2.75) is 0 Å². The zero-order chi connectivity index (χ0) is 15.4. The van der Waals surface area contributed by atoms with E-state index in [0.717, 1.165) is 6.54 Å². The van der Waals surface area contributed by atoms with Gasteiger partial charge < -0.3 is 9.47 Å². The monoisotopic (exact) mass is 400 g/mol. The molecule has 22 heavy (non-hydrogen) atoms. The van der Waals surface area contributed by atoms with Crippen molar-refractivity contribution in [3.63, 3.8) is 0 Å². The zero-order valence-corrected chi connectivity index (χ0v) is 14.3. The summed E-state index contributed by atoms with van der Waals surface area (Å²) in [5.74, 6) is 0. The minimum Gasteiger partial charge on any atom is -0.336 e. The first-order valence-corrected chi connectivity index (χ1v) is 8.24. The van der Waals surface area contributed by atoms with E-state index in [0.29, 0.717) is 0 Å². The lowest BCUT2D eigenvalue weighted by Gasteiger charge is -2.22. The molecule has 0 amide bonds. The van der Waals surface area contributed by atoms with Crippen LogP contribution in [0.4, 0.5) is 11.4 Å². The maximum atomic E-state index is 3.90. The van der Waals surface area contributed by atoms with E-state index < -0.39 is 0 Å². The molecule has 2 nitrogen and oxygen atoms in total. The molecule has 3 rings (SSSR count). The minimum absolute atomic E-state index is 0.777. The van der Waals surface area contributed by atoms with Gasteiger partial charge in [-0.05, 0) is 46.9 Å². The molecule has 1 heterocycles. The number of halogens is 1. The fourth-order valence-corrected chi connectivity index (χ4v) is 3.18. The van der Waals surface area contributed by atoms with E-state index >= 15 is 0 Å². The highest BCUT2D eigenvalue weighted by atomic mass is 127. The molecule has 0 saturated heterocycles. The molecule has 0 unspecified atom stereocenters. The van der Waals surface area contributed by atoms with Gasteiger partial charge in [0.1, 0.15) is 0 Å². The van der Waals surface area contributed by atoms with Crippen LogP contribution in [0.3, 0.4) is 0 Å². The SMILES string of the molecule is C=CCN(c1ccccc1)c1cn(-c2ccccc2)cc1I. The summed E-state index contributed by atoms with van der Waals surface area (Å²) in [6.45, 7) is 4.67. The fraction of sp³-hybridized carbons (Fsp3) is 0.0526. The Labute approximate surface area is 144 Å². The van der Waals surface area contributed by atoms with Gasteiger partial charge in [0.15, 0.2) is 0 Å². The van der Waals surface area contributed by atoms with Crippen LogP contribution in [-0.2, 0) is 0 Å². The number of hydrogen-bond acceptors (Lipinski definition) is 1. The third-order valence-electron chi connectivity index (χ3n) is 3.48. The van der Waals surface area contributed by atoms with Crippen LogP contribution in [0.1, 0.15) is 0 Å². The molecular formula is C19H17IN2. The van der Waals surface area contributed by atoms with Gasteiger partial charge in [0, 0.05) is 30.3 Å². The highest BCUT2D eigenvalue weighted by Gasteiger charge is 2.14. The number of anilines is 2. The van der Waals surface area contributed by atoms with Crippen molar-refractivity contribution in [1.82, 2.24) is 4.57 Å². The Morgan fingerprint density at radius 1 is 0.955 bits per heavy atom. The van der Waals surface area contributed by atoms with E-state index in [1.54, 1.807) is 0 Å². The second kappa shape index (κ2) is 6.83. The summed E-state index contributed by atoms with van der Waals surface area (Å²) in [6, 6.07) is 20.8. The Hall–Kier alpha value is -2.01. The van der Waals surface area contributed by atoms with E-state index in [1.807, 2.05) is 18.2 Å². The number of benzene rings is 2. The van der Waals surface area contributed by atoms with Crippen LogP contribution in [0.25, 0.3) is 5.69 Å². The van der Waals surface area contributed by atoms with E-state index in [9.17, 15) is 0 Å². The van der Waals surface area contributed by atoms with Gasteiger partial charge >= 0.3 is 0 Å². The van der Waals surface area contributed by atoms with E-state index in [2.05, 4.69) is 99.6 Å². The summed E-state index contributed by atoms with van der Waals surface area (Å²) < 4.78 is 3.38. The molecule has 0 radical (unpaired) electrons. The van der Waals surface area contributed by atoms with Gasteiger partial charge in [0.2, 0.25) is 0 Å². The number of aromatic nitrogens is 1. The third kappa shape index (κ3) is 3.09. The average Bonchev–Trinajstić information content (AvgIpc) is 2.96. The van der Waals surface area contributed by atoms with E-state index in [1.165, 1.54) is 20.6 Å². The summed E-state index contributed by atoms with van der Waals surface area (Å²) in [5.41, 5.74) is 3.53. The molecule has 0 N–H and O–H groups in total. The highest BCUT2D eigenvalue weighted by molar-refractivity contribution is 14.1. The number of rotatable bonds is 5. The predicted octanol–water partition coefficient (Wildman–Crippen LogP) is 5.41. The standard InChI is InChI=1S/C19H17IN2/c1-2-13-22(17-11-7-4-8-12-17)19-15-21(14-18(19)20)16-9-5-3-6-10-16/h2-12,14-15H,1,13H2. The van der Waals surface area contributed by atoms with Crippen LogP contribution < -0.4 is 4.90 Å². The summed E-state index contributed by atoms with van der Waals surface area (Å²) >= 11 is 2.39. The van der Waals surface area contributed by atoms with Gasteiger partial charge in [-0.2, -0.15) is 0 Å². The molecule has 0 spiro atoms. The normalized spacial score (nSPS) is 10.4. The molecule has 0 aliphatic rings. The Bertz CT molecular complexity index is 748. The predicted molar refractivity (Wildman–Crippen MR) is 102 cm³/mol. The fourth-order valence-electron chi connectivity index (χ4n) is 2.45. The van der Waals surface area contributed by atoms with Crippen molar-refractivity contribution >= 4 is 34.0 Å². The van der Waals surface area contributed by atoms with Gasteiger partial charge in [-0.25, -0.2) is 0 Å². The summed E-state index contributed by atoms with van der Waals surface area (Å²) in [6.07, 6.45) is 6.26. The summed E-state index contributed by atoms with van der Waals surface area (Å²) in [5, 5.41) is 0. The van der Waals surface area contributed by atoms with Crippen molar-refractivity contribution < 1.29 is 0 Å². The summed E-state index contributed by atoms with van der Waals surface area (Å²) in [4.78, 5) is 2.27. The first-order valence-electron chi connectivity index (χ1n) is 7.16. The zero-order valence-electron chi connectivity index (χ0n) is 12.2. The molecule has 110 valence electrons. The van der Waals surface area contributed by atoms with Crippen LogP contribution >= 0.6 is 22.6 Å². The van der Waals surface area contributed by atoms with Crippen molar-refractivity contribution in [3.8, 4) is 5.69 Å². The number of para-hydroxylation sites is 2. The molecular weight excluding hydrogens is 383 g/mol. The van der Waals surface area contributed by atoms with Crippen LogP contribution in [0, 0.1) is 3.57 Å². The van der Waals surface area contributed by atoms with Crippen molar-refractivity contribution in [1.29, 1.82) is 0 Å². The molecule has 3 heteroatoms. The van der Waals surface area contributed by atoms with Gasteiger partial charge in [-0.15, -0.1) is 6.58 Å². The van der Waals surface area contributed by atoms with Crippen LogP contribution in [-0.4, -0.2) is 11.1 Å². The van der Waals surface area contributed by atoms with Crippen molar-refractivity contribution in [2.75, 3.05) is 11.4 Å². The second-order valence-electron chi connectivity index (χ2n) is 4.97. The van der Waals surface area contributed by atoms with Gasteiger partial charge in [0.05, 0.1) is 9.26 Å². The van der Waals surface area contributed by atoms with Crippen molar-refractivity contribution in [3.05, 3.63) is 89.3 Å². The van der Waals surface area contributed by atoms with Gasteiger partial charge in [-0.3, -0.25) is 0 Å². The Morgan fingerprint density at radius 2 is 1.59 bits per heavy atom. The second-order valence-corrected chi connectivity index (χ2v) is 6.13. The highest BCUT2D eigenvalue weighted by Crippen LogP contribution is 2.31.